The van der Waals surface area contributed by atoms with Gasteiger partial charge in [0, 0.05) is 166 Å². The van der Waals surface area contributed by atoms with Crippen LogP contribution in [0.25, 0.3) is 22.7 Å². The number of benzene rings is 8. The van der Waals surface area contributed by atoms with E-state index in [-0.39, 0.29) is 123 Å². The van der Waals surface area contributed by atoms with Gasteiger partial charge in [-0.2, -0.15) is 20.4 Å². The van der Waals surface area contributed by atoms with Gasteiger partial charge in [-0.1, -0.05) is 0 Å². The number of piperidine rings is 2. The predicted molar refractivity (Wildman–Crippen MR) is 514 cm³/mol. The Labute approximate surface area is 814 Å². The second-order valence-electron chi connectivity index (χ2n) is 33.8. The summed E-state index contributed by atoms with van der Waals surface area (Å²) in [5.74, 6) is -3.95. The molecular weight excluding hydrogens is 1860 g/mol. The minimum absolute atomic E-state index is 0.0165. The monoisotopic (exact) mass is 1950 g/mol. The molecule has 4 saturated heterocycles. The van der Waals surface area contributed by atoms with Crippen LogP contribution in [0, 0.1) is 17.5 Å². The van der Waals surface area contributed by atoms with E-state index in [2.05, 4.69) is 20.4 Å². The average molecular weight is 1960 g/mol. The van der Waals surface area contributed by atoms with Crippen LogP contribution in [0.1, 0.15) is 158 Å². The number of amides is 12. The van der Waals surface area contributed by atoms with Crippen molar-refractivity contribution in [1.82, 2.24) is 39.1 Å². The van der Waals surface area contributed by atoms with Crippen LogP contribution in [0.2, 0.25) is 0 Å². The molecule has 8 aliphatic heterocycles. The number of hydrogen-bond acceptors (Lipinski definition) is 24. The average Bonchev–Trinajstić information content (AvgIpc) is 1.62. The molecule has 0 atom stereocenters. The number of halogens is 3. The van der Waals surface area contributed by atoms with Crippen LogP contribution in [0.15, 0.2) is 152 Å². The minimum Gasteiger partial charge on any atom is -0.497 e. The van der Waals surface area contributed by atoms with Crippen LogP contribution in [-0.2, 0) is 44.9 Å². The van der Waals surface area contributed by atoms with Crippen molar-refractivity contribution in [3.05, 3.63) is 237 Å². The van der Waals surface area contributed by atoms with Crippen molar-refractivity contribution in [3.8, 4) is 68.7 Å². The van der Waals surface area contributed by atoms with E-state index >= 15 is 0 Å². The fraction of sp³-hybridized carbons (Fsp3) is 0.280. The molecule has 0 unspecified atom stereocenters. The van der Waals surface area contributed by atoms with E-state index in [1.165, 1.54) is 138 Å². The van der Waals surface area contributed by atoms with Gasteiger partial charge in [0.05, 0.1) is 102 Å². The summed E-state index contributed by atoms with van der Waals surface area (Å²) in [6, 6.07) is 40.3. The summed E-state index contributed by atoms with van der Waals surface area (Å²) in [7, 11) is 11.6. The number of aromatic nitrogens is 8. The number of rotatable bonds is 24. The highest BCUT2D eigenvalue weighted by Crippen LogP contribution is 2.45. The smallest absolute Gasteiger partial charge is 0.277 e. The van der Waals surface area contributed by atoms with Gasteiger partial charge < -0.3 is 100 Å². The maximum absolute atomic E-state index is 14.5. The van der Waals surface area contributed by atoms with Gasteiger partial charge in [0.15, 0.2) is 57.5 Å². The van der Waals surface area contributed by atoms with Gasteiger partial charge in [-0.3, -0.25) is 57.5 Å². The van der Waals surface area contributed by atoms with Crippen molar-refractivity contribution in [1.29, 1.82) is 0 Å². The van der Waals surface area contributed by atoms with E-state index in [1.54, 1.807) is 129 Å². The molecule has 738 valence electrons. The van der Waals surface area contributed by atoms with Crippen molar-refractivity contribution < 1.29 is 109 Å². The molecule has 0 saturated carbocycles. The first-order chi connectivity index (χ1) is 68.9. The maximum Gasteiger partial charge on any atom is 0.277 e. The summed E-state index contributed by atoms with van der Waals surface area (Å²) >= 11 is 0. The maximum atomic E-state index is 14.5. The summed E-state index contributed by atoms with van der Waals surface area (Å²) in [5, 5.41) is 17.2. The Morgan fingerprint density at radius 1 is 0.252 bits per heavy atom. The van der Waals surface area contributed by atoms with Gasteiger partial charge in [0.2, 0.25) is 23.6 Å². The Balaban J connectivity index is 0.000000131. The molecular formula is C100H97F3N20O20. The second kappa shape index (κ2) is 40.5. The lowest BCUT2D eigenvalue weighted by atomic mass is 10.0. The van der Waals surface area contributed by atoms with Crippen molar-refractivity contribution in [2.45, 2.75) is 77.0 Å². The fourth-order valence-electron chi connectivity index (χ4n) is 18.5. The Kier molecular flexibility index (Phi) is 27.5. The summed E-state index contributed by atoms with van der Waals surface area (Å²) in [6.45, 7) is 3.59. The van der Waals surface area contributed by atoms with Crippen LogP contribution in [-0.4, -0.2) is 219 Å². The third-order valence-corrected chi connectivity index (χ3v) is 25.9. The summed E-state index contributed by atoms with van der Waals surface area (Å²) in [6.07, 6.45) is 6.90. The fourth-order valence-corrected chi connectivity index (χ4v) is 18.5. The molecule has 8 aliphatic rings. The molecule has 12 aromatic rings. The molecule has 143 heavy (non-hydrogen) atoms. The highest BCUT2D eigenvalue weighted by Gasteiger charge is 2.43. The molecule has 43 heteroatoms. The van der Waals surface area contributed by atoms with E-state index in [1.807, 2.05) is 0 Å². The first-order valence-electron chi connectivity index (χ1n) is 45.5. The number of primary amides is 4. The Morgan fingerprint density at radius 2 is 0.503 bits per heavy atom. The first kappa shape index (κ1) is 97.1. The third kappa shape index (κ3) is 18.3. The zero-order chi connectivity index (χ0) is 101. The lowest BCUT2D eigenvalue weighted by molar-refractivity contribution is -0.122. The van der Waals surface area contributed by atoms with Crippen LogP contribution < -0.4 is 100 Å². The topological polar surface area (TPSA) is 480 Å². The highest BCUT2D eigenvalue weighted by molar-refractivity contribution is 6.15. The van der Waals surface area contributed by atoms with Gasteiger partial charge in [-0.15, -0.1) is 0 Å². The summed E-state index contributed by atoms with van der Waals surface area (Å²) in [4.78, 5) is 165. The number of hydrogen-bond donors (Lipinski definition) is 4. The first-order valence-corrected chi connectivity index (χ1v) is 45.5. The molecule has 0 aliphatic carbocycles. The van der Waals surface area contributed by atoms with Crippen LogP contribution in [0.5, 0.6) is 46.0 Å². The van der Waals surface area contributed by atoms with Crippen LogP contribution in [0.4, 0.5) is 58.7 Å². The van der Waals surface area contributed by atoms with Crippen molar-refractivity contribution in [2.75, 3.05) is 148 Å². The molecule has 40 nitrogen and oxygen atoms in total. The number of ether oxygens (including phenoxy) is 8. The minimum atomic E-state index is -0.781. The molecule has 8 aromatic carbocycles. The number of nitrogens with two attached hydrogens (primary N) is 4. The lowest BCUT2D eigenvalue weighted by Crippen LogP contribution is -2.43. The number of nitrogens with zero attached hydrogens (tertiary/aromatic N) is 16. The summed E-state index contributed by atoms with van der Waals surface area (Å²) in [5.41, 5.74) is 30.9. The molecule has 0 bridgehead atoms. The van der Waals surface area contributed by atoms with Gasteiger partial charge in [-0.25, -0.2) is 31.9 Å². The number of β-lactam (4-membered cyclic amide) rings is 2. The van der Waals surface area contributed by atoms with Gasteiger partial charge in [-0.05, 0) is 161 Å². The van der Waals surface area contributed by atoms with Crippen LogP contribution >= 0.6 is 0 Å². The van der Waals surface area contributed by atoms with Gasteiger partial charge >= 0.3 is 0 Å². The van der Waals surface area contributed by atoms with Gasteiger partial charge in [0.25, 0.3) is 47.3 Å². The Morgan fingerprint density at radius 3 is 0.762 bits per heavy atom. The number of methoxy groups -OCH3 is 8. The van der Waals surface area contributed by atoms with E-state index < -0.39 is 58.8 Å². The normalized spacial score (nSPS) is 15.3. The van der Waals surface area contributed by atoms with Crippen molar-refractivity contribution in [3.63, 3.8) is 0 Å². The quantitative estimate of drug-likeness (QED) is 0.0409. The number of anilines is 8. The lowest BCUT2D eigenvalue weighted by Gasteiger charge is -2.33. The highest BCUT2D eigenvalue weighted by atomic mass is 19.1. The zero-order valence-electron chi connectivity index (χ0n) is 78.8. The standard InChI is InChI=1S/2C26H26FN5O5.C24H22FN5O5.C24H23N5O5/c1-36-20-14-16(6-8-18(20)27)32-24-17(23(29-32)25(28)34)10-12-31(26(24)35)19-9-7-15(13-21(19)37-2)30-11-4-3-5-22(30)33;1-36-20-9-7-16(13-18(20)27)32-24-17(23(29-32)25(28)34)10-12-31(26(24)35)19-8-6-15(14-21(19)37-2)30-11-4-3-5-22(30)33;1-34-18-6-4-14(11-16(18)25)30-22-15(21(27-30)23(26)32)7-9-29(24(22)33)17-5-3-13(12-19(17)35-2)28-10-8-20(28)31;1-33-16-6-3-14(4-7-16)29-22-17(21(26-29)23(25)31)9-11-28(24(22)32)18-8-5-15(13-19(18)34-2)27-12-10-20(27)30/h2*6-9,13-14H,3-5,10-12H2,1-2H3,(H2,28,34);3-6,11-12H,7-10H2,1-2H3,(H2,26,32);3-8,13H,9-12H2,1-2H3,(H2,25,31). The Bertz CT molecular complexity index is 7220. The number of fused-ring (bicyclic) bond motifs is 4. The zero-order valence-corrected chi connectivity index (χ0v) is 78.8. The molecule has 12 amide bonds. The van der Waals surface area contributed by atoms with E-state index in [9.17, 15) is 70.7 Å². The molecule has 0 radical (unpaired) electrons. The molecule has 4 aromatic heterocycles. The molecule has 20 rings (SSSR count). The SMILES string of the molecule is COc1cc(-n2nc(C(N)=O)c3c2C(=O)N(c2ccc(N4CCCCC4=O)cc2OC)CC3)ccc1F.COc1ccc(-n2nc(C(N)=O)c3c2C(=O)N(c2ccc(N4CCC4=O)cc2OC)CC3)cc1.COc1ccc(-n2nc(C(N)=O)c3c2C(=O)N(c2ccc(N4CCC4=O)cc2OC)CC3)cc1F.COc1ccc(-n2nc(C(N)=O)c3c2C(=O)N(c2ccc(N4CCCCC4=O)cc2OC)CC3)cc1F. The van der Waals surface area contributed by atoms with Gasteiger partial charge in [0.1, 0.15) is 51.5 Å². The van der Waals surface area contributed by atoms with E-state index in [0.29, 0.717) is 186 Å². The number of carbonyl (C=O) groups is 12. The van der Waals surface area contributed by atoms with Crippen LogP contribution in [0.3, 0.4) is 0 Å². The molecule has 0 spiro atoms. The molecule has 8 N–H and O–H groups in total. The molecule has 12 heterocycles. The largest absolute Gasteiger partial charge is 0.497 e. The second-order valence-corrected chi connectivity index (χ2v) is 33.8. The third-order valence-electron chi connectivity index (χ3n) is 25.9. The Hall–Kier alpha value is -17.6. The van der Waals surface area contributed by atoms with E-state index in [4.69, 9.17) is 60.8 Å². The van der Waals surface area contributed by atoms with Crippen molar-refractivity contribution >= 4 is 116 Å². The summed E-state index contributed by atoms with van der Waals surface area (Å²) < 4.78 is 90.7. The molecule has 4 fully saturated rings. The predicted octanol–water partition coefficient (Wildman–Crippen LogP) is 9.69. The van der Waals surface area contributed by atoms with Crippen molar-refractivity contribution in [2.24, 2.45) is 22.9 Å². The number of carbonyl (C=O) groups excluding carboxylic acids is 12. The van der Waals surface area contributed by atoms with E-state index in [0.717, 1.165) is 31.4 Å².